The number of nitriles is 1. The minimum atomic E-state index is -0.297. The van der Waals surface area contributed by atoms with E-state index in [1.54, 1.807) is 24.1 Å². The monoisotopic (exact) mass is 228 g/mol. The molecule has 1 aromatic carbocycles. The van der Waals surface area contributed by atoms with Crippen molar-refractivity contribution in [3.05, 3.63) is 48.0 Å². The van der Waals surface area contributed by atoms with Crippen molar-refractivity contribution >= 4 is 11.6 Å². The van der Waals surface area contributed by atoms with Gasteiger partial charge in [0.15, 0.2) is 0 Å². The van der Waals surface area contributed by atoms with E-state index in [-0.39, 0.29) is 5.82 Å². The van der Waals surface area contributed by atoms with Crippen molar-refractivity contribution in [2.45, 2.75) is 0 Å². The molecule has 0 unspecified atom stereocenters. The zero-order valence-corrected chi connectivity index (χ0v) is 9.13. The fourth-order valence-electron chi connectivity index (χ4n) is 1.35. The summed E-state index contributed by atoms with van der Waals surface area (Å²) in [6.45, 7) is 0. The molecule has 2 rings (SSSR count). The third-order valence-electron chi connectivity index (χ3n) is 2.27. The van der Waals surface area contributed by atoms with E-state index in [2.05, 4.69) is 9.97 Å². The largest absolute Gasteiger partial charge is 0.314 e. The van der Waals surface area contributed by atoms with Crippen molar-refractivity contribution in [1.82, 2.24) is 9.97 Å². The number of benzene rings is 1. The molecule has 0 radical (unpaired) electrons. The van der Waals surface area contributed by atoms with Crippen LogP contribution in [0, 0.1) is 17.1 Å². The standard InChI is InChI=1S/C12H9FN4/c1-17(11-4-2-9(13)3-5-11)12-15-7-6-10(8-14)16-12/h2-7H,1H3. The molecule has 2 aromatic rings. The Morgan fingerprint density at radius 3 is 2.59 bits per heavy atom. The topological polar surface area (TPSA) is 52.8 Å². The summed E-state index contributed by atoms with van der Waals surface area (Å²) in [6, 6.07) is 9.44. The maximum Gasteiger partial charge on any atom is 0.230 e. The Labute approximate surface area is 98.0 Å². The summed E-state index contributed by atoms with van der Waals surface area (Å²) in [5, 5.41) is 8.74. The summed E-state index contributed by atoms with van der Waals surface area (Å²) in [7, 11) is 1.75. The Morgan fingerprint density at radius 1 is 1.24 bits per heavy atom. The normalized spacial score (nSPS) is 9.71. The maximum atomic E-state index is 12.8. The van der Waals surface area contributed by atoms with Crippen LogP contribution in [0.25, 0.3) is 0 Å². The second kappa shape index (κ2) is 4.58. The first-order valence-corrected chi connectivity index (χ1v) is 4.93. The van der Waals surface area contributed by atoms with E-state index in [4.69, 9.17) is 5.26 Å². The molecule has 4 nitrogen and oxygen atoms in total. The molecule has 5 heteroatoms. The van der Waals surface area contributed by atoms with Crippen molar-refractivity contribution in [2.75, 3.05) is 11.9 Å². The third kappa shape index (κ3) is 2.37. The van der Waals surface area contributed by atoms with E-state index in [1.165, 1.54) is 24.4 Å². The summed E-state index contributed by atoms with van der Waals surface area (Å²) in [6.07, 6.45) is 1.51. The first-order chi connectivity index (χ1) is 8.20. The summed E-state index contributed by atoms with van der Waals surface area (Å²) in [5.41, 5.74) is 1.05. The van der Waals surface area contributed by atoms with Crippen LogP contribution in [0.5, 0.6) is 0 Å². The summed E-state index contributed by atoms with van der Waals surface area (Å²) in [5.74, 6) is 0.101. The van der Waals surface area contributed by atoms with Gasteiger partial charge in [0.2, 0.25) is 5.95 Å². The molecular formula is C12H9FN4. The number of hydrogen-bond acceptors (Lipinski definition) is 4. The molecule has 1 heterocycles. The average Bonchev–Trinajstić information content (AvgIpc) is 2.39. The van der Waals surface area contributed by atoms with Crippen LogP contribution in [0.1, 0.15) is 5.69 Å². The molecule has 1 aromatic heterocycles. The SMILES string of the molecule is CN(c1ccc(F)cc1)c1nccc(C#N)n1. The predicted octanol–water partition coefficient (Wildman–Crippen LogP) is 2.26. The smallest absolute Gasteiger partial charge is 0.230 e. The van der Waals surface area contributed by atoms with Gasteiger partial charge in [-0.3, -0.25) is 0 Å². The van der Waals surface area contributed by atoms with Crippen LogP contribution in [0.2, 0.25) is 0 Å². The van der Waals surface area contributed by atoms with Gasteiger partial charge in [0.05, 0.1) is 0 Å². The minimum Gasteiger partial charge on any atom is -0.314 e. The van der Waals surface area contributed by atoms with Crippen molar-refractivity contribution < 1.29 is 4.39 Å². The maximum absolute atomic E-state index is 12.8. The predicted molar refractivity (Wildman–Crippen MR) is 61.2 cm³/mol. The summed E-state index contributed by atoms with van der Waals surface area (Å²) in [4.78, 5) is 9.79. The lowest BCUT2D eigenvalue weighted by atomic mass is 10.3. The molecule has 0 saturated heterocycles. The van der Waals surface area contributed by atoms with Crippen LogP contribution >= 0.6 is 0 Å². The lowest BCUT2D eigenvalue weighted by molar-refractivity contribution is 0.628. The van der Waals surface area contributed by atoms with Crippen LogP contribution in [-0.4, -0.2) is 17.0 Å². The van der Waals surface area contributed by atoms with Crippen LogP contribution in [0.15, 0.2) is 36.5 Å². The Hall–Kier alpha value is -2.48. The molecule has 0 bridgehead atoms. The fourth-order valence-corrected chi connectivity index (χ4v) is 1.35. The highest BCUT2D eigenvalue weighted by Crippen LogP contribution is 2.19. The highest BCUT2D eigenvalue weighted by atomic mass is 19.1. The molecule has 0 amide bonds. The highest BCUT2D eigenvalue weighted by molar-refractivity contribution is 5.56. The van der Waals surface area contributed by atoms with Gasteiger partial charge in [0, 0.05) is 18.9 Å². The molecule has 84 valence electrons. The van der Waals surface area contributed by atoms with Crippen molar-refractivity contribution in [2.24, 2.45) is 0 Å². The van der Waals surface area contributed by atoms with Crippen LogP contribution in [-0.2, 0) is 0 Å². The highest BCUT2D eigenvalue weighted by Gasteiger charge is 2.07. The summed E-state index contributed by atoms with van der Waals surface area (Å²) < 4.78 is 12.8. The van der Waals surface area contributed by atoms with E-state index in [0.29, 0.717) is 11.6 Å². The molecule has 0 aliphatic carbocycles. The quantitative estimate of drug-likeness (QED) is 0.791. The van der Waals surface area contributed by atoms with Crippen molar-refractivity contribution in [1.29, 1.82) is 5.26 Å². The van der Waals surface area contributed by atoms with Crippen LogP contribution in [0.3, 0.4) is 0 Å². The molecule has 0 spiro atoms. The van der Waals surface area contributed by atoms with Gasteiger partial charge >= 0.3 is 0 Å². The second-order valence-electron chi connectivity index (χ2n) is 3.39. The zero-order chi connectivity index (χ0) is 12.3. The van der Waals surface area contributed by atoms with Crippen molar-refractivity contribution in [3.63, 3.8) is 0 Å². The van der Waals surface area contributed by atoms with E-state index >= 15 is 0 Å². The Morgan fingerprint density at radius 2 is 1.94 bits per heavy atom. The Kier molecular flexibility index (Phi) is 2.97. The van der Waals surface area contributed by atoms with Gasteiger partial charge in [0.25, 0.3) is 0 Å². The fraction of sp³-hybridized carbons (Fsp3) is 0.0833. The first-order valence-electron chi connectivity index (χ1n) is 4.93. The van der Waals surface area contributed by atoms with Gasteiger partial charge in [-0.25, -0.2) is 14.4 Å². The zero-order valence-electron chi connectivity index (χ0n) is 9.13. The first kappa shape index (κ1) is 11.0. The average molecular weight is 228 g/mol. The van der Waals surface area contributed by atoms with Crippen molar-refractivity contribution in [3.8, 4) is 6.07 Å². The molecule has 17 heavy (non-hydrogen) atoms. The van der Waals surface area contributed by atoms with E-state index in [9.17, 15) is 4.39 Å². The number of nitrogens with zero attached hydrogens (tertiary/aromatic N) is 4. The number of hydrogen-bond donors (Lipinski definition) is 0. The molecule has 0 aliphatic heterocycles. The van der Waals surface area contributed by atoms with Gasteiger partial charge in [-0.1, -0.05) is 0 Å². The molecule has 0 aliphatic rings. The molecule has 0 fully saturated rings. The van der Waals surface area contributed by atoms with E-state index in [1.807, 2.05) is 6.07 Å². The van der Waals surface area contributed by atoms with Crippen LogP contribution < -0.4 is 4.90 Å². The van der Waals surface area contributed by atoms with Gasteiger partial charge in [0.1, 0.15) is 17.6 Å². The number of aromatic nitrogens is 2. The van der Waals surface area contributed by atoms with Crippen LogP contribution in [0.4, 0.5) is 16.0 Å². The molecular weight excluding hydrogens is 219 g/mol. The lowest BCUT2D eigenvalue weighted by Crippen LogP contribution is -2.13. The number of anilines is 2. The Balaban J connectivity index is 2.33. The van der Waals surface area contributed by atoms with Gasteiger partial charge < -0.3 is 4.90 Å². The third-order valence-corrected chi connectivity index (χ3v) is 2.27. The molecule has 0 N–H and O–H groups in total. The van der Waals surface area contributed by atoms with Gasteiger partial charge in [-0.05, 0) is 30.3 Å². The lowest BCUT2D eigenvalue weighted by Gasteiger charge is -2.16. The van der Waals surface area contributed by atoms with E-state index < -0.39 is 0 Å². The van der Waals surface area contributed by atoms with Gasteiger partial charge in [-0.2, -0.15) is 5.26 Å². The minimum absolute atomic E-state index is 0.295. The molecule has 0 atom stereocenters. The number of rotatable bonds is 2. The van der Waals surface area contributed by atoms with Gasteiger partial charge in [-0.15, -0.1) is 0 Å². The molecule has 0 saturated carbocycles. The summed E-state index contributed by atoms with van der Waals surface area (Å²) >= 11 is 0. The van der Waals surface area contributed by atoms with E-state index in [0.717, 1.165) is 5.69 Å². The Bertz CT molecular complexity index is 559. The second-order valence-corrected chi connectivity index (χ2v) is 3.39. The number of halogens is 1.